The van der Waals surface area contributed by atoms with Crippen molar-refractivity contribution in [2.45, 2.75) is 6.04 Å². The van der Waals surface area contributed by atoms with Gasteiger partial charge in [-0.1, -0.05) is 30.3 Å². The maximum atomic E-state index is 12.2. The standard InChI is InChI=1S/C16H17NO6/c1-21-14(18)11-9-17(16(20)23-3)13(12(11)15(19)22-2)10-7-5-4-6-8-10/h4-8,13H,9H2,1-3H3. The number of methoxy groups -OCH3 is 3. The summed E-state index contributed by atoms with van der Waals surface area (Å²) < 4.78 is 14.3. The van der Waals surface area contributed by atoms with Crippen LogP contribution in [-0.2, 0) is 23.8 Å². The van der Waals surface area contributed by atoms with E-state index < -0.39 is 24.1 Å². The highest BCUT2D eigenvalue weighted by molar-refractivity contribution is 6.03. The second-order valence-electron chi connectivity index (χ2n) is 4.79. The van der Waals surface area contributed by atoms with Crippen LogP contribution in [-0.4, -0.2) is 50.8 Å². The van der Waals surface area contributed by atoms with Gasteiger partial charge in [0.05, 0.1) is 45.1 Å². The molecule has 7 nitrogen and oxygen atoms in total. The van der Waals surface area contributed by atoms with Crippen LogP contribution in [0, 0.1) is 0 Å². The zero-order valence-electron chi connectivity index (χ0n) is 13.1. The number of carbonyl (C=O) groups is 3. The fourth-order valence-corrected chi connectivity index (χ4v) is 2.58. The first-order valence-corrected chi connectivity index (χ1v) is 6.84. The number of ether oxygens (including phenoxy) is 3. The third kappa shape index (κ3) is 3.03. The van der Waals surface area contributed by atoms with Crippen LogP contribution < -0.4 is 0 Å². The smallest absolute Gasteiger partial charge is 0.410 e. The summed E-state index contributed by atoms with van der Waals surface area (Å²) in [5.41, 5.74) is 0.826. The normalized spacial score (nSPS) is 17.0. The zero-order chi connectivity index (χ0) is 17.0. The van der Waals surface area contributed by atoms with Crippen LogP contribution in [0.5, 0.6) is 0 Å². The third-order valence-corrected chi connectivity index (χ3v) is 3.60. The predicted octanol–water partition coefficient (Wildman–Crippen LogP) is 1.45. The molecular weight excluding hydrogens is 302 g/mol. The topological polar surface area (TPSA) is 82.1 Å². The molecule has 1 aliphatic rings. The molecule has 1 amide bonds. The number of esters is 2. The van der Waals surface area contributed by atoms with Crippen molar-refractivity contribution < 1.29 is 28.6 Å². The van der Waals surface area contributed by atoms with Crippen molar-refractivity contribution in [3.8, 4) is 0 Å². The second kappa shape index (κ2) is 6.95. The number of carbonyl (C=O) groups excluding carboxylic acids is 3. The zero-order valence-corrected chi connectivity index (χ0v) is 13.1. The first-order chi connectivity index (χ1) is 11.0. The molecule has 23 heavy (non-hydrogen) atoms. The van der Waals surface area contributed by atoms with Crippen molar-refractivity contribution in [3.63, 3.8) is 0 Å². The van der Waals surface area contributed by atoms with Gasteiger partial charge in [0.1, 0.15) is 0 Å². The van der Waals surface area contributed by atoms with Crippen LogP contribution >= 0.6 is 0 Å². The van der Waals surface area contributed by atoms with Gasteiger partial charge in [0.15, 0.2) is 0 Å². The number of benzene rings is 1. The number of hydrogen-bond donors (Lipinski definition) is 0. The Balaban J connectivity index is 2.60. The summed E-state index contributed by atoms with van der Waals surface area (Å²) in [6.07, 6.45) is -0.654. The Kier molecular flexibility index (Phi) is 5.00. The van der Waals surface area contributed by atoms with E-state index in [4.69, 9.17) is 14.2 Å². The Morgan fingerprint density at radius 1 is 0.957 bits per heavy atom. The van der Waals surface area contributed by atoms with E-state index >= 15 is 0 Å². The molecule has 0 saturated heterocycles. The van der Waals surface area contributed by atoms with Gasteiger partial charge in [0.25, 0.3) is 0 Å². The Morgan fingerprint density at radius 3 is 2.09 bits per heavy atom. The van der Waals surface area contributed by atoms with Crippen molar-refractivity contribution in [3.05, 3.63) is 47.0 Å². The molecule has 0 aromatic heterocycles. The van der Waals surface area contributed by atoms with E-state index in [1.165, 1.54) is 26.2 Å². The van der Waals surface area contributed by atoms with Gasteiger partial charge in [-0.05, 0) is 5.56 Å². The highest BCUT2D eigenvalue weighted by Gasteiger charge is 2.43. The number of hydrogen-bond acceptors (Lipinski definition) is 6. The molecule has 1 atom stereocenters. The average Bonchev–Trinajstić information content (AvgIpc) is 3.00. The van der Waals surface area contributed by atoms with E-state index in [1.807, 2.05) is 6.07 Å². The van der Waals surface area contributed by atoms with Crippen LogP contribution in [0.2, 0.25) is 0 Å². The van der Waals surface area contributed by atoms with Crippen LogP contribution in [0.15, 0.2) is 41.5 Å². The van der Waals surface area contributed by atoms with Crippen LogP contribution in [0.25, 0.3) is 0 Å². The molecule has 0 fully saturated rings. The van der Waals surface area contributed by atoms with E-state index in [0.29, 0.717) is 5.56 Å². The molecule has 7 heteroatoms. The SMILES string of the molecule is COC(=O)C1=C(C(=O)OC)C(c2ccccc2)N(C(=O)OC)C1. The van der Waals surface area contributed by atoms with Gasteiger partial charge in [-0.15, -0.1) is 0 Å². The Morgan fingerprint density at radius 2 is 1.57 bits per heavy atom. The van der Waals surface area contributed by atoms with Crippen molar-refractivity contribution in [2.75, 3.05) is 27.9 Å². The molecule has 0 spiro atoms. The summed E-state index contributed by atoms with van der Waals surface area (Å²) in [5, 5.41) is 0. The summed E-state index contributed by atoms with van der Waals surface area (Å²) >= 11 is 0. The van der Waals surface area contributed by atoms with Crippen molar-refractivity contribution in [1.82, 2.24) is 4.90 Å². The molecule has 1 aliphatic heterocycles. The molecule has 0 N–H and O–H groups in total. The minimum Gasteiger partial charge on any atom is -0.466 e. The van der Waals surface area contributed by atoms with Crippen LogP contribution in [0.1, 0.15) is 11.6 Å². The van der Waals surface area contributed by atoms with Gasteiger partial charge >= 0.3 is 18.0 Å². The Bertz CT molecular complexity index is 652. The number of nitrogens with zero attached hydrogens (tertiary/aromatic N) is 1. The molecule has 2 rings (SSSR count). The average molecular weight is 319 g/mol. The van der Waals surface area contributed by atoms with Gasteiger partial charge in [0, 0.05) is 0 Å². The lowest BCUT2D eigenvalue weighted by Crippen LogP contribution is -2.33. The number of amides is 1. The van der Waals surface area contributed by atoms with Crippen molar-refractivity contribution in [2.24, 2.45) is 0 Å². The van der Waals surface area contributed by atoms with E-state index in [1.54, 1.807) is 24.3 Å². The molecule has 0 radical (unpaired) electrons. The van der Waals surface area contributed by atoms with Gasteiger partial charge in [-0.3, -0.25) is 4.90 Å². The van der Waals surface area contributed by atoms with E-state index in [0.717, 1.165) is 0 Å². The molecule has 1 unspecified atom stereocenters. The summed E-state index contributed by atoms with van der Waals surface area (Å²) in [7, 11) is 3.66. The largest absolute Gasteiger partial charge is 0.466 e. The highest BCUT2D eigenvalue weighted by Crippen LogP contribution is 2.38. The lowest BCUT2D eigenvalue weighted by Gasteiger charge is -2.25. The second-order valence-corrected chi connectivity index (χ2v) is 4.79. The third-order valence-electron chi connectivity index (χ3n) is 3.60. The first kappa shape index (κ1) is 16.5. The molecule has 0 saturated carbocycles. The fourth-order valence-electron chi connectivity index (χ4n) is 2.58. The molecule has 1 aromatic rings. The molecule has 0 aliphatic carbocycles. The van der Waals surface area contributed by atoms with Gasteiger partial charge < -0.3 is 14.2 Å². The minimum atomic E-state index is -0.773. The molecule has 0 bridgehead atoms. The van der Waals surface area contributed by atoms with Crippen LogP contribution in [0.3, 0.4) is 0 Å². The van der Waals surface area contributed by atoms with Gasteiger partial charge in [0.2, 0.25) is 0 Å². The Labute approximate surface area is 133 Å². The highest BCUT2D eigenvalue weighted by atomic mass is 16.5. The lowest BCUT2D eigenvalue weighted by molar-refractivity contribution is -0.139. The lowest BCUT2D eigenvalue weighted by atomic mass is 9.97. The predicted molar refractivity (Wildman–Crippen MR) is 79.4 cm³/mol. The quantitative estimate of drug-likeness (QED) is 0.619. The molecule has 1 aromatic carbocycles. The first-order valence-electron chi connectivity index (χ1n) is 6.84. The summed E-state index contributed by atoms with van der Waals surface area (Å²) in [6.45, 7) is -0.0939. The van der Waals surface area contributed by atoms with Crippen molar-refractivity contribution in [1.29, 1.82) is 0 Å². The monoisotopic (exact) mass is 319 g/mol. The summed E-state index contributed by atoms with van der Waals surface area (Å²) in [4.78, 5) is 37.6. The molecule has 122 valence electrons. The summed E-state index contributed by atoms with van der Waals surface area (Å²) in [5.74, 6) is -1.37. The molecular formula is C16H17NO6. The fraction of sp³-hybridized carbons (Fsp3) is 0.312. The van der Waals surface area contributed by atoms with Crippen LogP contribution in [0.4, 0.5) is 4.79 Å². The van der Waals surface area contributed by atoms with Gasteiger partial charge in [-0.2, -0.15) is 0 Å². The minimum absolute atomic E-state index is 0.0796. The maximum absolute atomic E-state index is 12.2. The Hall–Kier alpha value is -2.83. The van der Waals surface area contributed by atoms with Crippen molar-refractivity contribution >= 4 is 18.0 Å². The number of rotatable bonds is 3. The molecule has 1 heterocycles. The van der Waals surface area contributed by atoms with E-state index in [2.05, 4.69) is 0 Å². The van der Waals surface area contributed by atoms with E-state index in [-0.39, 0.29) is 17.7 Å². The van der Waals surface area contributed by atoms with E-state index in [9.17, 15) is 14.4 Å². The summed E-state index contributed by atoms with van der Waals surface area (Å²) in [6, 6.07) is 8.09. The maximum Gasteiger partial charge on any atom is 0.410 e. The van der Waals surface area contributed by atoms with Gasteiger partial charge in [-0.25, -0.2) is 14.4 Å².